The van der Waals surface area contributed by atoms with E-state index in [4.69, 9.17) is 9.47 Å². The van der Waals surface area contributed by atoms with E-state index in [1.807, 2.05) is 38.5 Å². The summed E-state index contributed by atoms with van der Waals surface area (Å²) in [5, 5.41) is 10.9. The normalized spacial score (nSPS) is 10.5. The molecule has 1 N–H and O–H groups in total. The zero-order valence-electron chi connectivity index (χ0n) is 11.4. The Hall–Kier alpha value is -2.08. The van der Waals surface area contributed by atoms with Crippen LogP contribution in [0.15, 0.2) is 24.4 Å². The van der Waals surface area contributed by atoms with E-state index in [0.717, 1.165) is 23.6 Å². The molecule has 1 aromatic carbocycles. The average molecular weight is 262 g/mol. The van der Waals surface area contributed by atoms with Gasteiger partial charge in [0.1, 0.15) is 12.3 Å². The second-order valence-corrected chi connectivity index (χ2v) is 4.19. The van der Waals surface area contributed by atoms with Crippen LogP contribution < -0.4 is 14.8 Å². The molecule has 0 fully saturated rings. The minimum Gasteiger partial charge on any atom is -0.493 e. The Labute approximate surface area is 112 Å². The van der Waals surface area contributed by atoms with Crippen LogP contribution in [0.25, 0.3) is 0 Å². The lowest BCUT2D eigenvalue weighted by Gasteiger charge is -2.11. The molecule has 0 atom stereocenters. The second kappa shape index (κ2) is 6.19. The fourth-order valence-electron chi connectivity index (χ4n) is 1.76. The molecule has 1 aromatic heterocycles. The molecule has 1 heterocycles. The van der Waals surface area contributed by atoms with Gasteiger partial charge in [-0.3, -0.25) is 4.68 Å². The third kappa shape index (κ3) is 3.45. The second-order valence-electron chi connectivity index (χ2n) is 4.19. The predicted molar refractivity (Wildman–Crippen MR) is 71.1 cm³/mol. The first-order chi connectivity index (χ1) is 9.22. The number of nitrogens with one attached hydrogen (secondary N) is 1. The maximum atomic E-state index is 5.70. The highest BCUT2D eigenvalue weighted by atomic mass is 16.5. The molecule has 19 heavy (non-hydrogen) atoms. The highest BCUT2D eigenvalue weighted by Gasteiger charge is 2.07. The Kier molecular flexibility index (Phi) is 4.35. The number of hydrogen-bond acceptors (Lipinski definition) is 5. The van der Waals surface area contributed by atoms with Crippen molar-refractivity contribution in [1.29, 1.82) is 0 Å². The molecule has 0 saturated heterocycles. The Morgan fingerprint density at radius 3 is 2.79 bits per heavy atom. The van der Waals surface area contributed by atoms with E-state index in [1.165, 1.54) is 0 Å². The van der Waals surface area contributed by atoms with E-state index >= 15 is 0 Å². The van der Waals surface area contributed by atoms with Gasteiger partial charge in [-0.1, -0.05) is 11.3 Å². The Bertz CT molecular complexity index is 539. The maximum absolute atomic E-state index is 5.70. The van der Waals surface area contributed by atoms with Gasteiger partial charge in [0.05, 0.1) is 13.3 Å². The van der Waals surface area contributed by atoms with Gasteiger partial charge in [0.2, 0.25) is 0 Å². The molecule has 0 aliphatic heterocycles. The molecule has 6 heteroatoms. The van der Waals surface area contributed by atoms with Crippen molar-refractivity contribution >= 4 is 0 Å². The van der Waals surface area contributed by atoms with Gasteiger partial charge in [0.15, 0.2) is 11.5 Å². The molecule has 0 radical (unpaired) electrons. The van der Waals surface area contributed by atoms with E-state index in [1.54, 1.807) is 11.8 Å². The lowest BCUT2D eigenvalue weighted by Crippen LogP contribution is -2.05. The minimum absolute atomic E-state index is 0.371. The van der Waals surface area contributed by atoms with Crippen LogP contribution in [0.4, 0.5) is 0 Å². The highest BCUT2D eigenvalue weighted by molar-refractivity contribution is 5.43. The number of nitrogens with zero attached hydrogens (tertiary/aromatic N) is 3. The molecule has 0 aliphatic carbocycles. The average Bonchev–Trinajstić information content (AvgIpc) is 2.83. The lowest BCUT2D eigenvalue weighted by molar-refractivity contribution is 0.280. The van der Waals surface area contributed by atoms with E-state index < -0.39 is 0 Å². The van der Waals surface area contributed by atoms with Gasteiger partial charge in [0, 0.05) is 13.6 Å². The largest absolute Gasteiger partial charge is 0.493 e. The third-order valence-corrected chi connectivity index (χ3v) is 2.63. The van der Waals surface area contributed by atoms with Crippen molar-refractivity contribution in [2.75, 3.05) is 14.2 Å². The maximum Gasteiger partial charge on any atom is 0.161 e. The van der Waals surface area contributed by atoms with Gasteiger partial charge < -0.3 is 14.8 Å². The Morgan fingerprint density at radius 1 is 1.32 bits per heavy atom. The summed E-state index contributed by atoms with van der Waals surface area (Å²) in [6, 6.07) is 5.87. The van der Waals surface area contributed by atoms with E-state index in [0.29, 0.717) is 12.4 Å². The predicted octanol–water partition coefficient (Wildman–Crippen LogP) is 1.12. The Morgan fingerprint density at radius 2 is 2.16 bits per heavy atom. The van der Waals surface area contributed by atoms with E-state index in [9.17, 15) is 0 Å². The molecule has 2 aromatic rings. The third-order valence-electron chi connectivity index (χ3n) is 2.63. The molecule has 2 rings (SSSR count). The number of rotatable bonds is 6. The summed E-state index contributed by atoms with van der Waals surface area (Å²) in [6.45, 7) is 1.16. The Balaban J connectivity index is 2.06. The van der Waals surface area contributed by atoms with Crippen molar-refractivity contribution in [3.63, 3.8) is 0 Å². The zero-order valence-corrected chi connectivity index (χ0v) is 11.4. The van der Waals surface area contributed by atoms with E-state index in [2.05, 4.69) is 15.6 Å². The van der Waals surface area contributed by atoms with Gasteiger partial charge in [-0.05, 0) is 24.7 Å². The van der Waals surface area contributed by atoms with Crippen LogP contribution in [-0.4, -0.2) is 29.2 Å². The van der Waals surface area contributed by atoms with Gasteiger partial charge in [-0.15, -0.1) is 5.10 Å². The molecule has 0 aliphatic rings. The fraction of sp³-hybridized carbons (Fsp3) is 0.385. The van der Waals surface area contributed by atoms with Crippen LogP contribution in [-0.2, 0) is 20.2 Å². The van der Waals surface area contributed by atoms with Crippen molar-refractivity contribution in [2.24, 2.45) is 7.05 Å². The lowest BCUT2D eigenvalue weighted by atomic mass is 10.2. The first kappa shape index (κ1) is 13.4. The summed E-state index contributed by atoms with van der Waals surface area (Å²) >= 11 is 0. The van der Waals surface area contributed by atoms with Crippen LogP contribution in [0.3, 0.4) is 0 Å². The highest BCUT2D eigenvalue weighted by Crippen LogP contribution is 2.28. The minimum atomic E-state index is 0.371. The monoisotopic (exact) mass is 262 g/mol. The summed E-state index contributed by atoms with van der Waals surface area (Å²) in [5.41, 5.74) is 1.93. The van der Waals surface area contributed by atoms with Gasteiger partial charge in [-0.2, -0.15) is 0 Å². The topological polar surface area (TPSA) is 61.2 Å². The number of hydrogen-bond donors (Lipinski definition) is 1. The van der Waals surface area contributed by atoms with Crippen molar-refractivity contribution in [2.45, 2.75) is 13.2 Å². The summed E-state index contributed by atoms with van der Waals surface area (Å²) < 4.78 is 12.7. The van der Waals surface area contributed by atoms with Crippen molar-refractivity contribution in [3.8, 4) is 11.5 Å². The number of ether oxygens (including phenoxy) is 2. The first-order valence-electron chi connectivity index (χ1n) is 6.02. The van der Waals surface area contributed by atoms with Crippen LogP contribution in [0.2, 0.25) is 0 Å². The fourth-order valence-corrected chi connectivity index (χ4v) is 1.76. The molecule has 0 spiro atoms. The number of aromatic nitrogens is 3. The van der Waals surface area contributed by atoms with Crippen LogP contribution in [0.1, 0.15) is 11.3 Å². The molecule has 0 amide bonds. The van der Waals surface area contributed by atoms with Crippen LogP contribution in [0, 0.1) is 0 Å². The summed E-state index contributed by atoms with van der Waals surface area (Å²) in [7, 11) is 5.36. The molecule has 102 valence electrons. The van der Waals surface area contributed by atoms with Crippen LogP contribution in [0.5, 0.6) is 11.5 Å². The molecular formula is C13H18N4O2. The van der Waals surface area contributed by atoms with Gasteiger partial charge >= 0.3 is 0 Å². The van der Waals surface area contributed by atoms with Gasteiger partial charge in [0.25, 0.3) is 0 Å². The van der Waals surface area contributed by atoms with Crippen LogP contribution >= 0.6 is 0 Å². The van der Waals surface area contributed by atoms with Gasteiger partial charge in [-0.25, -0.2) is 0 Å². The van der Waals surface area contributed by atoms with Crippen molar-refractivity contribution < 1.29 is 9.47 Å². The molecular weight excluding hydrogens is 244 g/mol. The molecule has 0 saturated carbocycles. The molecule has 6 nitrogen and oxygen atoms in total. The molecule has 0 bridgehead atoms. The first-order valence-corrected chi connectivity index (χ1v) is 6.02. The number of aryl methyl sites for hydroxylation is 1. The van der Waals surface area contributed by atoms with Crippen molar-refractivity contribution in [1.82, 2.24) is 20.3 Å². The molecule has 0 unspecified atom stereocenters. The standard InChI is InChI=1S/C13H18N4O2/c1-14-7-10-4-5-12(13(6-10)18-3)19-9-11-8-17(2)16-15-11/h4-6,8,14H,7,9H2,1-3H3. The number of benzene rings is 1. The smallest absolute Gasteiger partial charge is 0.161 e. The summed E-state index contributed by atoms with van der Waals surface area (Å²) in [4.78, 5) is 0. The summed E-state index contributed by atoms with van der Waals surface area (Å²) in [6.07, 6.45) is 1.82. The number of methoxy groups -OCH3 is 1. The quantitative estimate of drug-likeness (QED) is 0.845. The van der Waals surface area contributed by atoms with Crippen molar-refractivity contribution in [3.05, 3.63) is 35.7 Å². The van der Waals surface area contributed by atoms with E-state index in [-0.39, 0.29) is 0 Å². The SMILES string of the molecule is CNCc1ccc(OCc2cn(C)nn2)c(OC)c1. The summed E-state index contributed by atoms with van der Waals surface area (Å²) in [5.74, 6) is 1.42. The zero-order chi connectivity index (χ0) is 13.7.